The molecule has 184 valence electrons. The van der Waals surface area contributed by atoms with Gasteiger partial charge in [-0.15, -0.1) is 16.8 Å². The Bertz CT molecular complexity index is 1200. The maximum Gasteiger partial charge on any atom is 0.234 e. The van der Waals surface area contributed by atoms with Gasteiger partial charge < -0.3 is 19.9 Å². The lowest BCUT2D eigenvalue weighted by Crippen LogP contribution is -2.30. The Kier molecular flexibility index (Phi) is 9.76. The lowest BCUT2D eigenvalue weighted by Gasteiger charge is -2.15. The molecular formula is C24H25BrClN5O3S. The van der Waals surface area contributed by atoms with Crippen molar-refractivity contribution in [2.75, 3.05) is 18.2 Å². The highest BCUT2D eigenvalue weighted by Gasteiger charge is 2.20. The summed E-state index contributed by atoms with van der Waals surface area (Å²) >= 11 is 10.7. The molecule has 3 rings (SSSR count). The fourth-order valence-corrected chi connectivity index (χ4v) is 4.40. The van der Waals surface area contributed by atoms with Gasteiger partial charge in [-0.25, -0.2) is 0 Å². The number of ether oxygens (including phenoxy) is 1. The van der Waals surface area contributed by atoms with E-state index in [-0.39, 0.29) is 30.0 Å². The molecule has 1 unspecified atom stereocenters. The van der Waals surface area contributed by atoms with Gasteiger partial charge in [-0.05, 0) is 58.7 Å². The zero-order valence-corrected chi connectivity index (χ0v) is 22.4. The number of rotatable bonds is 11. The number of methoxy groups -OCH3 is 1. The molecule has 1 aromatic heterocycles. The number of benzene rings is 2. The van der Waals surface area contributed by atoms with E-state index in [0.717, 1.165) is 15.8 Å². The quantitative estimate of drug-likeness (QED) is 0.244. The number of hydrogen-bond donors (Lipinski definition) is 2. The van der Waals surface area contributed by atoms with E-state index in [1.54, 1.807) is 31.4 Å². The zero-order chi connectivity index (χ0) is 25.4. The number of carbonyl (C=O) groups excluding carboxylic acids is 2. The fraction of sp³-hybridized carbons (Fsp3) is 0.250. The van der Waals surface area contributed by atoms with Gasteiger partial charge in [0, 0.05) is 16.7 Å². The van der Waals surface area contributed by atoms with Gasteiger partial charge in [0.2, 0.25) is 11.8 Å². The maximum absolute atomic E-state index is 12.6. The summed E-state index contributed by atoms with van der Waals surface area (Å²) in [5, 5.41) is 15.3. The largest absolute Gasteiger partial charge is 0.497 e. The molecule has 2 N–H and O–H groups in total. The molecule has 0 aliphatic rings. The number of amides is 2. The first kappa shape index (κ1) is 26.8. The van der Waals surface area contributed by atoms with Crippen molar-refractivity contribution in [2.24, 2.45) is 0 Å². The third kappa shape index (κ3) is 7.58. The highest BCUT2D eigenvalue weighted by molar-refractivity contribution is 9.10. The minimum absolute atomic E-state index is 0.126. The summed E-state index contributed by atoms with van der Waals surface area (Å²) in [5.41, 5.74) is 1.47. The van der Waals surface area contributed by atoms with Gasteiger partial charge in [-0.2, -0.15) is 0 Å². The van der Waals surface area contributed by atoms with Gasteiger partial charge >= 0.3 is 0 Å². The predicted molar refractivity (Wildman–Crippen MR) is 142 cm³/mol. The highest BCUT2D eigenvalue weighted by Crippen LogP contribution is 2.26. The van der Waals surface area contributed by atoms with Crippen LogP contribution in [-0.4, -0.2) is 39.4 Å². The number of halogens is 2. The van der Waals surface area contributed by atoms with Crippen molar-refractivity contribution in [3.63, 3.8) is 0 Å². The predicted octanol–water partition coefficient (Wildman–Crippen LogP) is 5.04. The Morgan fingerprint density at radius 1 is 1.23 bits per heavy atom. The van der Waals surface area contributed by atoms with E-state index >= 15 is 0 Å². The molecule has 0 aliphatic carbocycles. The van der Waals surface area contributed by atoms with Crippen LogP contribution in [0, 0.1) is 0 Å². The maximum atomic E-state index is 12.6. The molecule has 0 saturated carbocycles. The molecule has 2 aromatic carbocycles. The van der Waals surface area contributed by atoms with Crippen LogP contribution in [0.5, 0.6) is 5.75 Å². The van der Waals surface area contributed by atoms with Crippen molar-refractivity contribution in [1.29, 1.82) is 0 Å². The van der Waals surface area contributed by atoms with Crippen LogP contribution in [0.25, 0.3) is 0 Å². The normalized spacial score (nSPS) is 11.5. The number of thioether (sulfide) groups is 1. The minimum atomic E-state index is -0.388. The van der Waals surface area contributed by atoms with E-state index in [4.69, 9.17) is 16.3 Å². The van der Waals surface area contributed by atoms with E-state index < -0.39 is 0 Å². The molecule has 0 spiro atoms. The number of allylic oxidation sites excluding steroid dienone is 1. The summed E-state index contributed by atoms with van der Waals surface area (Å²) in [6.07, 6.45) is 1.94. The van der Waals surface area contributed by atoms with Crippen molar-refractivity contribution in [3.05, 3.63) is 76.0 Å². The Labute approximate surface area is 221 Å². The first-order valence-electron chi connectivity index (χ1n) is 10.6. The molecule has 0 fully saturated rings. The molecule has 1 heterocycles. The first-order valence-corrected chi connectivity index (χ1v) is 12.8. The average molecular weight is 579 g/mol. The molecule has 1 atom stereocenters. The molecule has 35 heavy (non-hydrogen) atoms. The van der Waals surface area contributed by atoms with Crippen molar-refractivity contribution in [3.8, 4) is 5.75 Å². The number of anilines is 1. The summed E-state index contributed by atoms with van der Waals surface area (Å²) < 4.78 is 7.73. The topological polar surface area (TPSA) is 98.1 Å². The Morgan fingerprint density at radius 3 is 2.63 bits per heavy atom. The number of carbonyl (C=O) groups is 2. The van der Waals surface area contributed by atoms with Crippen LogP contribution in [-0.2, 0) is 22.6 Å². The molecular weight excluding hydrogens is 554 g/mol. The van der Waals surface area contributed by atoms with Gasteiger partial charge in [-0.3, -0.25) is 9.59 Å². The summed E-state index contributed by atoms with van der Waals surface area (Å²) in [5.74, 6) is 1.10. The van der Waals surface area contributed by atoms with E-state index in [1.807, 2.05) is 35.8 Å². The highest BCUT2D eigenvalue weighted by atomic mass is 79.9. The summed E-state index contributed by atoms with van der Waals surface area (Å²) in [4.78, 5) is 25.0. The number of nitrogens with zero attached hydrogens (tertiary/aromatic N) is 3. The smallest absolute Gasteiger partial charge is 0.234 e. The summed E-state index contributed by atoms with van der Waals surface area (Å²) in [6.45, 7) is 6.07. The average Bonchev–Trinajstić information content (AvgIpc) is 3.23. The Morgan fingerprint density at radius 2 is 1.97 bits per heavy atom. The van der Waals surface area contributed by atoms with E-state index in [9.17, 15) is 9.59 Å². The van der Waals surface area contributed by atoms with Crippen LogP contribution < -0.4 is 15.4 Å². The van der Waals surface area contributed by atoms with Gasteiger partial charge in [-0.1, -0.05) is 41.6 Å². The fourth-order valence-electron chi connectivity index (χ4n) is 3.21. The van der Waals surface area contributed by atoms with Crippen molar-refractivity contribution in [2.45, 2.75) is 31.1 Å². The summed E-state index contributed by atoms with van der Waals surface area (Å²) in [6, 6.07) is 12.1. The van der Waals surface area contributed by atoms with Crippen LogP contribution in [0.1, 0.15) is 24.4 Å². The molecule has 3 aromatic rings. The number of aromatic nitrogens is 3. The van der Waals surface area contributed by atoms with E-state index in [1.165, 1.54) is 11.8 Å². The first-order chi connectivity index (χ1) is 16.8. The van der Waals surface area contributed by atoms with Gasteiger partial charge in [0.15, 0.2) is 11.0 Å². The molecule has 11 heteroatoms. The van der Waals surface area contributed by atoms with Crippen LogP contribution in [0.4, 0.5) is 5.69 Å². The standard InChI is InChI=1S/C24H25BrClN5O3S/c1-4-11-31-23(15(2)27-21(32)12-16-5-8-18(34-3)9-6-16)29-30-24(31)35-14-22(33)28-17-7-10-19(25)20(26)13-17/h4-10,13,15H,1,11-12,14H2,2-3H3,(H,27,32)(H,28,33). The molecule has 8 nitrogen and oxygen atoms in total. The zero-order valence-electron chi connectivity index (χ0n) is 19.3. The lowest BCUT2D eigenvalue weighted by molar-refractivity contribution is -0.121. The Hall–Kier alpha value is -2.82. The molecule has 0 saturated heterocycles. The third-order valence-corrected chi connectivity index (χ3v) is 7.08. The van der Waals surface area contributed by atoms with Gasteiger partial charge in [0.05, 0.1) is 30.3 Å². The monoisotopic (exact) mass is 577 g/mol. The molecule has 0 radical (unpaired) electrons. The van der Waals surface area contributed by atoms with Crippen molar-refractivity contribution >= 4 is 56.8 Å². The molecule has 0 aliphatic heterocycles. The van der Waals surface area contributed by atoms with Gasteiger partial charge in [0.1, 0.15) is 5.75 Å². The number of nitrogens with one attached hydrogen (secondary N) is 2. The lowest BCUT2D eigenvalue weighted by atomic mass is 10.1. The Balaban J connectivity index is 1.60. The number of hydrogen-bond acceptors (Lipinski definition) is 6. The summed E-state index contributed by atoms with van der Waals surface area (Å²) in [7, 11) is 1.60. The van der Waals surface area contributed by atoms with E-state index in [2.05, 4.69) is 43.3 Å². The van der Waals surface area contributed by atoms with Gasteiger partial charge in [0.25, 0.3) is 0 Å². The second kappa shape index (κ2) is 12.8. The molecule has 0 bridgehead atoms. The van der Waals surface area contributed by atoms with Crippen LogP contribution in [0.3, 0.4) is 0 Å². The molecule has 2 amide bonds. The van der Waals surface area contributed by atoms with Crippen LogP contribution in [0.2, 0.25) is 5.02 Å². The van der Waals surface area contributed by atoms with E-state index in [0.29, 0.717) is 28.2 Å². The second-order valence-electron chi connectivity index (χ2n) is 7.52. The minimum Gasteiger partial charge on any atom is -0.497 e. The van der Waals surface area contributed by atoms with Crippen LogP contribution in [0.15, 0.2) is 64.7 Å². The van der Waals surface area contributed by atoms with Crippen LogP contribution >= 0.6 is 39.3 Å². The SMILES string of the molecule is C=CCn1c(SCC(=O)Nc2ccc(Br)c(Cl)c2)nnc1C(C)NC(=O)Cc1ccc(OC)cc1. The van der Waals surface area contributed by atoms with Crippen molar-refractivity contribution < 1.29 is 14.3 Å². The third-order valence-electron chi connectivity index (χ3n) is 4.88. The second-order valence-corrected chi connectivity index (χ2v) is 9.72. The van der Waals surface area contributed by atoms with Crippen molar-refractivity contribution in [1.82, 2.24) is 20.1 Å².